The number of hydrogen-bond acceptors (Lipinski definition) is 5. The number of anilines is 1. The molecule has 8 heteroatoms. The summed E-state index contributed by atoms with van der Waals surface area (Å²) < 4.78 is 5.65. The number of carboxylic acids is 1. The Morgan fingerprint density at radius 3 is 3.06 bits per heavy atom. The van der Waals surface area contributed by atoms with Gasteiger partial charge in [0.05, 0.1) is 0 Å². The van der Waals surface area contributed by atoms with Gasteiger partial charge in [0.1, 0.15) is 19.5 Å². The van der Waals surface area contributed by atoms with E-state index in [1.54, 1.807) is 0 Å². The van der Waals surface area contributed by atoms with Gasteiger partial charge in [-0.3, -0.25) is 10.1 Å². The fourth-order valence-corrected chi connectivity index (χ4v) is 0.867. The quantitative estimate of drug-likeness (QED) is 0.689. The average Bonchev–Trinajstić information content (AvgIpc) is 2.62. The summed E-state index contributed by atoms with van der Waals surface area (Å²) in [6.45, 7) is 3.03. The summed E-state index contributed by atoms with van der Waals surface area (Å²) >= 11 is 0. The Hall–Kier alpha value is -2.38. The van der Waals surface area contributed by atoms with Crippen LogP contribution in [0.4, 0.5) is 10.7 Å². The van der Waals surface area contributed by atoms with E-state index in [1.165, 1.54) is 6.08 Å². The van der Waals surface area contributed by atoms with E-state index in [0.29, 0.717) is 0 Å². The van der Waals surface area contributed by atoms with E-state index in [9.17, 15) is 9.59 Å². The maximum Gasteiger partial charge on any atom is 0.414 e. The predicted octanol–water partition coefficient (Wildman–Crippen LogP) is 0.0972. The first-order valence-corrected chi connectivity index (χ1v) is 4.27. The number of nitrogens with one attached hydrogen (secondary N) is 1. The molecule has 0 fully saturated rings. The topological polar surface area (TPSA) is 106 Å². The monoisotopic (exact) mass is 226 g/mol. The maximum atomic E-state index is 11.1. The minimum atomic E-state index is -1.09. The third-order valence-corrected chi connectivity index (χ3v) is 1.45. The number of carboxylic acid groups (broad SMARTS) is 1. The van der Waals surface area contributed by atoms with Crippen molar-refractivity contribution in [3.05, 3.63) is 19.0 Å². The Morgan fingerprint density at radius 1 is 1.69 bits per heavy atom. The molecular weight excluding hydrogens is 216 g/mol. The van der Waals surface area contributed by atoms with Crippen LogP contribution in [0.1, 0.15) is 0 Å². The molecule has 0 spiro atoms. The van der Waals surface area contributed by atoms with E-state index in [2.05, 4.69) is 26.7 Å². The minimum Gasteiger partial charge on any atom is -0.480 e. The van der Waals surface area contributed by atoms with Crippen LogP contribution in [-0.4, -0.2) is 38.5 Å². The van der Waals surface area contributed by atoms with Crippen molar-refractivity contribution in [2.75, 3.05) is 11.9 Å². The van der Waals surface area contributed by atoms with Crippen molar-refractivity contribution in [2.45, 2.75) is 6.54 Å². The lowest BCUT2D eigenvalue weighted by Gasteiger charge is -2.04. The first-order chi connectivity index (χ1) is 7.63. The van der Waals surface area contributed by atoms with Gasteiger partial charge in [-0.2, -0.15) is 10.1 Å². The van der Waals surface area contributed by atoms with Gasteiger partial charge in [-0.15, -0.1) is 0 Å². The second-order valence-electron chi connectivity index (χ2n) is 2.65. The van der Waals surface area contributed by atoms with Gasteiger partial charge in [0.2, 0.25) is 5.95 Å². The van der Waals surface area contributed by atoms with E-state index < -0.39 is 18.6 Å². The Balaban J connectivity index is 2.59. The van der Waals surface area contributed by atoms with Gasteiger partial charge in [-0.05, 0) is 0 Å². The normalized spacial score (nSPS) is 9.50. The summed E-state index contributed by atoms with van der Waals surface area (Å²) in [4.78, 5) is 25.2. The molecule has 0 aromatic carbocycles. The first kappa shape index (κ1) is 11.7. The molecule has 1 heterocycles. The van der Waals surface area contributed by atoms with Crippen molar-refractivity contribution in [1.29, 1.82) is 0 Å². The molecule has 0 bridgehead atoms. The van der Waals surface area contributed by atoms with E-state index >= 15 is 0 Å². The standard InChI is InChI=1S/C8H10N4O4/c1-2-3-16-8(15)11-7-9-5-10-12(7)4-6(13)14/h2,5H,1,3-4H2,(H,13,14)(H,9,10,11,15). The number of carbonyl (C=O) groups excluding carboxylic acids is 1. The Kier molecular flexibility index (Phi) is 4.01. The first-order valence-electron chi connectivity index (χ1n) is 4.27. The molecule has 8 nitrogen and oxygen atoms in total. The van der Waals surface area contributed by atoms with Gasteiger partial charge < -0.3 is 9.84 Å². The van der Waals surface area contributed by atoms with Crippen LogP contribution in [0.25, 0.3) is 0 Å². The van der Waals surface area contributed by atoms with Crippen LogP contribution < -0.4 is 5.32 Å². The van der Waals surface area contributed by atoms with Crippen LogP contribution in [0.5, 0.6) is 0 Å². The molecule has 0 saturated carbocycles. The lowest BCUT2D eigenvalue weighted by Crippen LogP contribution is -2.19. The molecule has 0 aliphatic carbocycles. The molecule has 1 aromatic rings. The highest BCUT2D eigenvalue weighted by Gasteiger charge is 2.11. The van der Waals surface area contributed by atoms with Crippen LogP contribution in [0.3, 0.4) is 0 Å². The molecule has 1 aromatic heterocycles. The van der Waals surface area contributed by atoms with Crippen LogP contribution in [0.2, 0.25) is 0 Å². The minimum absolute atomic E-state index is 0.0106. The summed E-state index contributed by atoms with van der Waals surface area (Å²) in [5.74, 6) is -1.08. The highest BCUT2D eigenvalue weighted by molar-refractivity contribution is 5.82. The molecule has 0 saturated heterocycles. The molecule has 1 rings (SSSR count). The highest BCUT2D eigenvalue weighted by atomic mass is 16.5. The van der Waals surface area contributed by atoms with Gasteiger partial charge >= 0.3 is 12.1 Å². The van der Waals surface area contributed by atoms with Gasteiger partial charge in [-0.1, -0.05) is 12.7 Å². The predicted molar refractivity (Wildman–Crippen MR) is 52.8 cm³/mol. The second kappa shape index (κ2) is 5.49. The third kappa shape index (κ3) is 3.40. The van der Waals surface area contributed by atoms with Gasteiger partial charge in [0.25, 0.3) is 0 Å². The number of carbonyl (C=O) groups is 2. The number of aromatic nitrogens is 3. The third-order valence-electron chi connectivity index (χ3n) is 1.45. The molecule has 1 amide bonds. The van der Waals surface area contributed by atoms with Crippen molar-refractivity contribution >= 4 is 18.0 Å². The zero-order chi connectivity index (χ0) is 12.0. The second-order valence-corrected chi connectivity index (χ2v) is 2.65. The average molecular weight is 226 g/mol. The van der Waals surface area contributed by atoms with E-state index in [4.69, 9.17) is 5.11 Å². The number of aliphatic carboxylic acids is 1. The largest absolute Gasteiger partial charge is 0.480 e. The van der Waals surface area contributed by atoms with Crippen LogP contribution in [-0.2, 0) is 16.1 Å². The number of ether oxygens (including phenoxy) is 1. The molecule has 0 atom stereocenters. The van der Waals surface area contributed by atoms with Crippen molar-refractivity contribution in [3.63, 3.8) is 0 Å². The maximum absolute atomic E-state index is 11.1. The molecule has 0 aliphatic heterocycles. The fourth-order valence-electron chi connectivity index (χ4n) is 0.867. The Bertz CT molecular complexity index is 400. The van der Waals surface area contributed by atoms with Crippen molar-refractivity contribution in [2.24, 2.45) is 0 Å². The number of nitrogens with zero attached hydrogens (tertiary/aromatic N) is 3. The molecule has 0 aliphatic rings. The summed E-state index contributed by atoms with van der Waals surface area (Å²) in [7, 11) is 0. The molecule has 2 N–H and O–H groups in total. The van der Waals surface area contributed by atoms with Crippen LogP contribution in [0, 0.1) is 0 Å². The van der Waals surface area contributed by atoms with Crippen molar-refractivity contribution in [1.82, 2.24) is 14.8 Å². The summed E-state index contributed by atoms with van der Waals surface area (Å²) in [5, 5.41) is 14.4. The Morgan fingerprint density at radius 2 is 2.44 bits per heavy atom. The Labute approximate surface area is 90.5 Å². The summed E-state index contributed by atoms with van der Waals surface area (Å²) in [6, 6.07) is 0. The SMILES string of the molecule is C=CCOC(=O)Nc1ncnn1CC(=O)O. The lowest BCUT2D eigenvalue weighted by molar-refractivity contribution is -0.137. The molecule has 16 heavy (non-hydrogen) atoms. The van der Waals surface area contributed by atoms with E-state index in [-0.39, 0.29) is 12.6 Å². The van der Waals surface area contributed by atoms with Gasteiger partial charge in [0, 0.05) is 0 Å². The van der Waals surface area contributed by atoms with E-state index in [0.717, 1.165) is 11.0 Å². The zero-order valence-corrected chi connectivity index (χ0v) is 8.29. The van der Waals surface area contributed by atoms with Gasteiger partial charge in [0.15, 0.2) is 0 Å². The van der Waals surface area contributed by atoms with Crippen LogP contribution >= 0.6 is 0 Å². The van der Waals surface area contributed by atoms with E-state index in [1.807, 2.05) is 0 Å². The smallest absolute Gasteiger partial charge is 0.414 e. The number of amides is 1. The fraction of sp³-hybridized carbons (Fsp3) is 0.250. The number of hydrogen-bond donors (Lipinski definition) is 2. The molecule has 0 unspecified atom stereocenters. The van der Waals surface area contributed by atoms with Crippen molar-refractivity contribution < 1.29 is 19.4 Å². The van der Waals surface area contributed by atoms with Crippen molar-refractivity contribution in [3.8, 4) is 0 Å². The zero-order valence-electron chi connectivity index (χ0n) is 8.29. The van der Waals surface area contributed by atoms with Gasteiger partial charge in [-0.25, -0.2) is 9.48 Å². The lowest BCUT2D eigenvalue weighted by atomic mass is 10.6. The summed E-state index contributed by atoms with van der Waals surface area (Å²) in [5.41, 5.74) is 0. The highest BCUT2D eigenvalue weighted by Crippen LogP contribution is 2.01. The summed E-state index contributed by atoms with van der Waals surface area (Å²) in [6.07, 6.45) is 1.78. The molecule has 86 valence electrons. The van der Waals surface area contributed by atoms with Crippen LogP contribution in [0.15, 0.2) is 19.0 Å². The molecule has 0 radical (unpaired) electrons. The molecular formula is C8H10N4O4. The number of rotatable bonds is 5.